The van der Waals surface area contributed by atoms with Crippen LogP contribution in [-0.4, -0.2) is 55.5 Å². The summed E-state index contributed by atoms with van der Waals surface area (Å²) in [6.07, 6.45) is 1.59. The van der Waals surface area contributed by atoms with E-state index in [1.54, 1.807) is 54.6 Å². The maximum Gasteiger partial charge on any atom is 0.339 e. The van der Waals surface area contributed by atoms with Gasteiger partial charge in [-0.25, -0.2) is 0 Å². The van der Waals surface area contributed by atoms with Crippen LogP contribution in [0, 0.1) is 10.1 Å². The molecular weight excluding hydrogens is 528 g/mol. The summed E-state index contributed by atoms with van der Waals surface area (Å²) in [5.74, 6) is -0.286. The quantitative estimate of drug-likeness (QED) is 0.193. The summed E-state index contributed by atoms with van der Waals surface area (Å²) in [6.45, 7) is 2.58. The van der Waals surface area contributed by atoms with Crippen LogP contribution >= 0.6 is 11.8 Å². The number of para-hydroxylation sites is 1. The van der Waals surface area contributed by atoms with Crippen LogP contribution < -0.4 is 9.08 Å². The number of anilines is 1. The van der Waals surface area contributed by atoms with Crippen molar-refractivity contribution in [2.75, 3.05) is 31.1 Å². The molecule has 2 aliphatic heterocycles. The van der Waals surface area contributed by atoms with Gasteiger partial charge < -0.3 is 14.0 Å². The minimum Gasteiger partial charge on any atom is -0.378 e. The number of nitro groups is 1. The maximum absolute atomic E-state index is 12.7. The highest BCUT2D eigenvalue weighted by atomic mass is 32.2. The van der Waals surface area contributed by atoms with Gasteiger partial charge in [0.05, 0.1) is 9.83 Å². The zero-order valence-electron chi connectivity index (χ0n) is 20.0. The SMILES string of the molecule is O=C1N=C(N2CCN(c3ccc([N+](=O)[O-])cc3)CC2)S/C1=C/c1ccccc1OS(=O)(=O)c1ccccc1. The topological polar surface area (TPSA) is 122 Å². The molecule has 38 heavy (non-hydrogen) atoms. The minimum absolute atomic E-state index is 0.0345. The monoisotopic (exact) mass is 550 g/mol. The van der Waals surface area contributed by atoms with Gasteiger partial charge in [-0.1, -0.05) is 36.4 Å². The summed E-state index contributed by atoms with van der Waals surface area (Å²) in [4.78, 5) is 31.9. The first-order valence-electron chi connectivity index (χ1n) is 11.7. The Balaban J connectivity index is 1.25. The van der Waals surface area contributed by atoms with Gasteiger partial charge in [0.15, 0.2) is 5.17 Å². The van der Waals surface area contributed by atoms with Crippen molar-refractivity contribution in [3.05, 3.63) is 99.4 Å². The fourth-order valence-corrected chi connectivity index (χ4v) is 5.98. The van der Waals surface area contributed by atoms with Crippen LogP contribution in [0.2, 0.25) is 0 Å². The molecule has 5 rings (SSSR count). The molecule has 0 N–H and O–H groups in total. The van der Waals surface area contributed by atoms with Gasteiger partial charge in [-0.3, -0.25) is 14.9 Å². The number of hydrogen-bond donors (Lipinski definition) is 0. The van der Waals surface area contributed by atoms with E-state index in [2.05, 4.69) is 9.89 Å². The van der Waals surface area contributed by atoms with Crippen LogP contribution in [0.15, 0.2) is 93.7 Å². The molecule has 0 radical (unpaired) electrons. The summed E-state index contributed by atoms with van der Waals surface area (Å²) in [5.41, 5.74) is 1.39. The smallest absolute Gasteiger partial charge is 0.339 e. The molecule has 3 aromatic carbocycles. The number of rotatable bonds is 6. The Hall–Kier alpha value is -4.16. The van der Waals surface area contributed by atoms with Crippen molar-refractivity contribution in [2.24, 2.45) is 4.99 Å². The number of hydrogen-bond acceptors (Lipinski definition) is 9. The highest BCUT2D eigenvalue weighted by Crippen LogP contribution is 2.34. The highest BCUT2D eigenvalue weighted by Gasteiger charge is 2.29. The normalized spacial score (nSPS) is 17.0. The molecule has 0 aliphatic carbocycles. The standard InChI is InChI=1S/C26H22N4O6S2/c31-25-24(18-19-6-4-5-9-23(19)36-38(34,35)22-7-2-1-3-8-22)37-26(27-25)29-16-14-28(15-17-29)20-10-12-21(13-11-20)30(32)33/h1-13,18H,14-17H2/b24-18+. The van der Waals surface area contributed by atoms with Gasteiger partial charge in [0.1, 0.15) is 10.6 Å². The minimum atomic E-state index is -4.04. The lowest BCUT2D eigenvalue weighted by Gasteiger charge is -2.36. The van der Waals surface area contributed by atoms with Gasteiger partial charge in [0.2, 0.25) is 0 Å². The Morgan fingerprint density at radius 3 is 2.21 bits per heavy atom. The van der Waals surface area contributed by atoms with Crippen LogP contribution in [0.3, 0.4) is 0 Å². The Morgan fingerprint density at radius 1 is 0.895 bits per heavy atom. The van der Waals surface area contributed by atoms with Gasteiger partial charge >= 0.3 is 10.1 Å². The van der Waals surface area contributed by atoms with E-state index in [4.69, 9.17) is 4.18 Å². The van der Waals surface area contributed by atoms with Gasteiger partial charge in [0, 0.05) is 49.6 Å². The van der Waals surface area contributed by atoms with E-state index in [9.17, 15) is 23.3 Å². The van der Waals surface area contributed by atoms with Gasteiger partial charge in [0.25, 0.3) is 11.6 Å². The van der Waals surface area contributed by atoms with E-state index in [0.717, 1.165) is 5.69 Å². The van der Waals surface area contributed by atoms with Crippen LogP contribution in [0.5, 0.6) is 5.75 Å². The van der Waals surface area contributed by atoms with Crippen molar-refractivity contribution in [3.63, 3.8) is 0 Å². The first-order chi connectivity index (χ1) is 18.3. The molecule has 2 heterocycles. The van der Waals surface area contributed by atoms with Gasteiger partial charge in [-0.15, -0.1) is 0 Å². The highest BCUT2D eigenvalue weighted by molar-refractivity contribution is 8.18. The molecule has 10 nitrogen and oxygen atoms in total. The first kappa shape index (κ1) is 25.5. The zero-order chi connectivity index (χ0) is 26.7. The van der Waals surface area contributed by atoms with Crippen molar-refractivity contribution >= 4 is 50.4 Å². The number of nitrogens with zero attached hydrogens (tertiary/aromatic N) is 4. The summed E-state index contributed by atoms with van der Waals surface area (Å²) < 4.78 is 30.8. The van der Waals surface area contributed by atoms with E-state index in [1.165, 1.54) is 42.1 Å². The van der Waals surface area contributed by atoms with Crippen LogP contribution in [0.25, 0.3) is 6.08 Å². The van der Waals surface area contributed by atoms with Crippen molar-refractivity contribution in [3.8, 4) is 5.75 Å². The summed E-state index contributed by atoms with van der Waals surface area (Å²) in [6, 6.07) is 20.9. The van der Waals surface area contributed by atoms with Crippen molar-refractivity contribution in [1.82, 2.24) is 4.90 Å². The lowest BCUT2D eigenvalue weighted by Crippen LogP contribution is -2.47. The molecule has 0 spiro atoms. The lowest BCUT2D eigenvalue weighted by molar-refractivity contribution is -0.384. The van der Waals surface area contributed by atoms with Crippen molar-refractivity contribution < 1.29 is 22.3 Å². The number of aliphatic imine (C=N–C) groups is 1. The number of carbonyl (C=O) groups excluding carboxylic acids is 1. The number of nitro benzene ring substituents is 1. The van der Waals surface area contributed by atoms with Crippen LogP contribution in [-0.2, 0) is 14.9 Å². The molecule has 1 saturated heterocycles. The van der Waals surface area contributed by atoms with E-state index in [0.29, 0.717) is 41.8 Å². The molecule has 1 amide bonds. The van der Waals surface area contributed by atoms with Crippen molar-refractivity contribution in [1.29, 1.82) is 0 Å². The molecule has 0 saturated carbocycles. The average Bonchev–Trinajstić information content (AvgIpc) is 3.30. The summed E-state index contributed by atoms with van der Waals surface area (Å²) >= 11 is 1.23. The number of benzene rings is 3. The Bertz CT molecular complexity index is 1530. The third kappa shape index (κ3) is 5.55. The van der Waals surface area contributed by atoms with Crippen molar-refractivity contribution in [2.45, 2.75) is 4.90 Å². The third-order valence-electron chi connectivity index (χ3n) is 6.02. The Labute approximate surface area is 223 Å². The summed E-state index contributed by atoms with van der Waals surface area (Å²) in [5, 5.41) is 11.5. The van der Waals surface area contributed by atoms with Gasteiger partial charge in [-0.2, -0.15) is 13.4 Å². The predicted molar refractivity (Wildman–Crippen MR) is 146 cm³/mol. The second-order valence-corrected chi connectivity index (χ2v) is 11.0. The van der Waals surface area contributed by atoms with E-state index in [-0.39, 0.29) is 16.3 Å². The number of non-ortho nitro benzene ring substituents is 1. The van der Waals surface area contributed by atoms with Crippen LogP contribution in [0.4, 0.5) is 11.4 Å². The van der Waals surface area contributed by atoms with Crippen LogP contribution in [0.1, 0.15) is 5.56 Å². The van der Waals surface area contributed by atoms with E-state index in [1.807, 2.05) is 4.90 Å². The second-order valence-electron chi connectivity index (χ2n) is 8.45. The molecular formula is C26H22N4O6S2. The largest absolute Gasteiger partial charge is 0.378 e. The predicted octanol–water partition coefficient (Wildman–Crippen LogP) is 4.16. The molecule has 2 aliphatic rings. The molecule has 1 fully saturated rings. The Kier molecular flexibility index (Phi) is 7.16. The molecule has 12 heteroatoms. The maximum atomic E-state index is 12.7. The number of amides is 1. The number of piperazine rings is 1. The van der Waals surface area contributed by atoms with E-state index < -0.39 is 20.9 Å². The fraction of sp³-hybridized carbons (Fsp3) is 0.154. The number of thioether (sulfide) groups is 1. The molecule has 0 aromatic heterocycles. The van der Waals surface area contributed by atoms with Gasteiger partial charge in [-0.05, 0) is 48.2 Å². The molecule has 0 bridgehead atoms. The zero-order valence-corrected chi connectivity index (χ0v) is 21.6. The molecule has 3 aromatic rings. The number of carbonyl (C=O) groups is 1. The lowest BCUT2D eigenvalue weighted by atomic mass is 10.2. The average molecular weight is 551 g/mol. The molecule has 194 valence electrons. The second kappa shape index (κ2) is 10.7. The number of amidine groups is 1. The first-order valence-corrected chi connectivity index (χ1v) is 13.9. The third-order valence-corrected chi connectivity index (χ3v) is 8.31. The Morgan fingerprint density at radius 2 is 1.53 bits per heavy atom. The van der Waals surface area contributed by atoms with E-state index >= 15 is 0 Å². The molecule has 0 atom stereocenters. The molecule has 0 unspecified atom stereocenters. The fourth-order valence-electron chi connectivity index (χ4n) is 4.04. The summed E-state index contributed by atoms with van der Waals surface area (Å²) in [7, 11) is -4.04.